The number of benzene rings is 2. The van der Waals surface area contributed by atoms with Gasteiger partial charge in [0.15, 0.2) is 5.11 Å². The van der Waals surface area contributed by atoms with Crippen LogP contribution in [0.4, 0.5) is 20.2 Å². The van der Waals surface area contributed by atoms with Gasteiger partial charge in [0, 0.05) is 10.7 Å². The predicted molar refractivity (Wildman–Crippen MR) is 84.4 cm³/mol. The normalized spacial score (nSPS) is 10.3. The molecular weight excluding hydrogens is 318 g/mol. The van der Waals surface area contributed by atoms with Gasteiger partial charge in [0.05, 0.1) is 5.69 Å². The third-order valence-electron chi connectivity index (χ3n) is 2.43. The molecule has 0 amide bonds. The van der Waals surface area contributed by atoms with Crippen LogP contribution in [-0.4, -0.2) is 11.7 Å². The van der Waals surface area contributed by atoms with Gasteiger partial charge < -0.3 is 15.4 Å². The molecule has 0 aromatic heterocycles. The number of hydrogen-bond donors (Lipinski definition) is 2. The van der Waals surface area contributed by atoms with Crippen LogP contribution in [0.1, 0.15) is 0 Å². The molecule has 0 saturated carbocycles. The van der Waals surface area contributed by atoms with Crippen LogP contribution in [0.25, 0.3) is 0 Å². The summed E-state index contributed by atoms with van der Waals surface area (Å²) < 4.78 is 29.0. The standard InChI is InChI=1S/C14H11ClF2N2OS/c15-9-4-3-5-10(8-9)18-14(21)19-11-6-1-2-7-12(11)20-13(16)17/h1-8,13H,(H2,18,19,21). The topological polar surface area (TPSA) is 33.3 Å². The maximum atomic E-state index is 12.3. The van der Waals surface area contributed by atoms with Crippen molar-refractivity contribution in [3.8, 4) is 5.75 Å². The first-order chi connectivity index (χ1) is 10.0. The fourth-order valence-electron chi connectivity index (χ4n) is 1.62. The zero-order valence-corrected chi connectivity index (χ0v) is 12.2. The second-order valence-electron chi connectivity index (χ2n) is 3.96. The van der Waals surface area contributed by atoms with Gasteiger partial charge in [-0.3, -0.25) is 0 Å². The molecule has 3 nitrogen and oxygen atoms in total. The molecule has 0 aliphatic heterocycles. The molecule has 0 spiro atoms. The van der Waals surface area contributed by atoms with E-state index < -0.39 is 6.61 Å². The molecule has 0 unspecified atom stereocenters. The highest BCUT2D eigenvalue weighted by Gasteiger charge is 2.10. The van der Waals surface area contributed by atoms with Gasteiger partial charge in [-0.25, -0.2) is 0 Å². The van der Waals surface area contributed by atoms with Gasteiger partial charge in [-0.05, 0) is 42.5 Å². The quantitative estimate of drug-likeness (QED) is 0.793. The Hall–Kier alpha value is -1.92. The number of para-hydroxylation sites is 2. The van der Waals surface area contributed by atoms with Gasteiger partial charge >= 0.3 is 6.61 Å². The number of thiocarbonyl (C=S) groups is 1. The molecule has 7 heteroatoms. The second kappa shape index (κ2) is 7.19. The molecule has 2 rings (SSSR count). The minimum Gasteiger partial charge on any atom is -0.433 e. The Morgan fingerprint density at radius 1 is 1.10 bits per heavy atom. The Labute approximate surface area is 130 Å². The largest absolute Gasteiger partial charge is 0.433 e. The van der Waals surface area contributed by atoms with Crippen molar-refractivity contribution < 1.29 is 13.5 Å². The van der Waals surface area contributed by atoms with Gasteiger partial charge in [-0.1, -0.05) is 29.8 Å². The maximum Gasteiger partial charge on any atom is 0.387 e. The molecule has 0 radical (unpaired) electrons. The summed E-state index contributed by atoms with van der Waals surface area (Å²) in [7, 11) is 0. The number of hydrogen-bond acceptors (Lipinski definition) is 2. The molecule has 0 aliphatic carbocycles. The predicted octanol–water partition coefficient (Wildman–Crippen LogP) is 4.75. The minimum atomic E-state index is -2.90. The number of alkyl halides is 2. The van der Waals surface area contributed by atoms with Crippen molar-refractivity contribution in [3.05, 3.63) is 53.6 Å². The highest BCUT2D eigenvalue weighted by molar-refractivity contribution is 7.80. The van der Waals surface area contributed by atoms with Crippen molar-refractivity contribution in [1.29, 1.82) is 0 Å². The van der Waals surface area contributed by atoms with Gasteiger partial charge in [0.2, 0.25) is 0 Å². The van der Waals surface area contributed by atoms with E-state index in [9.17, 15) is 8.78 Å². The molecular formula is C14H11ClF2N2OS. The lowest BCUT2D eigenvalue weighted by Crippen LogP contribution is -2.19. The highest BCUT2D eigenvalue weighted by Crippen LogP contribution is 2.25. The average molecular weight is 329 g/mol. The summed E-state index contributed by atoms with van der Waals surface area (Å²) in [6, 6.07) is 13.3. The summed E-state index contributed by atoms with van der Waals surface area (Å²) in [4.78, 5) is 0. The van der Waals surface area contributed by atoms with E-state index >= 15 is 0 Å². The summed E-state index contributed by atoms with van der Waals surface area (Å²) in [6.45, 7) is -2.90. The molecule has 0 bridgehead atoms. The number of nitrogens with one attached hydrogen (secondary N) is 2. The molecule has 2 aromatic rings. The Kier molecular flexibility index (Phi) is 5.30. The summed E-state index contributed by atoms with van der Waals surface area (Å²) in [5.74, 6) is 0.0164. The highest BCUT2D eigenvalue weighted by atomic mass is 35.5. The molecule has 21 heavy (non-hydrogen) atoms. The number of anilines is 2. The van der Waals surface area contributed by atoms with Crippen molar-refractivity contribution in [2.45, 2.75) is 6.61 Å². The molecule has 0 atom stereocenters. The summed E-state index contributed by atoms with van der Waals surface area (Å²) in [5.41, 5.74) is 1.03. The van der Waals surface area contributed by atoms with E-state index in [1.807, 2.05) is 0 Å². The Balaban J connectivity index is 2.06. The van der Waals surface area contributed by atoms with E-state index in [4.69, 9.17) is 23.8 Å². The van der Waals surface area contributed by atoms with Crippen LogP contribution in [0.3, 0.4) is 0 Å². The fraction of sp³-hybridized carbons (Fsp3) is 0.0714. The summed E-state index contributed by atoms with van der Waals surface area (Å²) in [5, 5.41) is 6.51. The van der Waals surface area contributed by atoms with Crippen LogP contribution in [0, 0.1) is 0 Å². The van der Waals surface area contributed by atoms with Crippen LogP contribution in [0.2, 0.25) is 5.02 Å². The Bertz CT molecular complexity index is 640. The molecule has 0 aliphatic rings. The minimum absolute atomic E-state index is 0.0164. The molecule has 2 N–H and O–H groups in total. The summed E-state index contributed by atoms with van der Waals surface area (Å²) >= 11 is 11.0. The SMILES string of the molecule is FC(F)Oc1ccccc1NC(=S)Nc1cccc(Cl)c1. The van der Waals surface area contributed by atoms with Crippen molar-refractivity contribution in [3.63, 3.8) is 0 Å². The average Bonchev–Trinajstić information content (AvgIpc) is 2.40. The van der Waals surface area contributed by atoms with Crippen molar-refractivity contribution >= 4 is 40.3 Å². The zero-order chi connectivity index (χ0) is 15.2. The lowest BCUT2D eigenvalue weighted by Gasteiger charge is -2.14. The Morgan fingerprint density at radius 3 is 2.57 bits per heavy atom. The van der Waals surface area contributed by atoms with E-state index in [1.54, 1.807) is 42.5 Å². The smallest absolute Gasteiger partial charge is 0.387 e. The van der Waals surface area contributed by atoms with E-state index in [1.165, 1.54) is 6.07 Å². The van der Waals surface area contributed by atoms with Crippen LogP contribution >= 0.6 is 23.8 Å². The number of halogens is 3. The van der Waals surface area contributed by atoms with Crippen LogP contribution in [0.5, 0.6) is 5.75 Å². The van der Waals surface area contributed by atoms with E-state index in [2.05, 4.69) is 15.4 Å². The van der Waals surface area contributed by atoms with Gasteiger partial charge in [0.1, 0.15) is 5.75 Å². The van der Waals surface area contributed by atoms with Gasteiger partial charge in [0.25, 0.3) is 0 Å². The Morgan fingerprint density at radius 2 is 1.86 bits per heavy atom. The lowest BCUT2D eigenvalue weighted by molar-refractivity contribution is -0.0493. The molecule has 0 heterocycles. The number of ether oxygens (including phenoxy) is 1. The monoisotopic (exact) mass is 328 g/mol. The first-order valence-corrected chi connectivity index (χ1v) is 6.70. The van der Waals surface area contributed by atoms with Gasteiger partial charge in [-0.2, -0.15) is 8.78 Å². The summed E-state index contributed by atoms with van der Waals surface area (Å²) in [6.07, 6.45) is 0. The van der Waals surface area contributed by atoms with Crippen molar-refractivity contribution in [2.24, 2.45) is 0 Å². The zero-order valence-electron chi connectivity index (χ0n) is 10.6. The molecule has 110 valence electrons. The van der Waals surface area contributed by atoms with Gasteiger partial charge in [-0.15, -0.1) is 0 Å². The second-order valence-corrected chi connectivity index (χ2v) is 4.81. The maximum absolute atomic E-state index is 12.3. The molecule has 0 fully saturated rings. The van der Waals surface area contributed by atoms with E-state index in [-0.39, 0.29) is 10.9 Å². The van der Waals surface area contributed by atoms with Crippen molar-refractivity contribution in [1.82, 2.24) is 0 Å². The van der Waals surface area contributed by atoms with Crippen molar-refractivity contribution in [2.75, 3.05) is 10.6 Å². The molecule has 0 saturated heterocycles. The first kappa shape index (κ1) is 15.5. The third-order valence-corrected chi connectivity index (χ3v) is 2.87. The third kappa shape index (κ3) is 4.84. The first-order valence-electron chi connectivity index (χ1n) is 5.92. The lowest BCUT2D eigenvalue weighted by atomic mass is 10.3. The fourth-order valence-corrected chi connectivity index (χ4v) is 2.04. The van der Waals surface area contributed by atoms with E-state index in [0.29, 0.717) is 16.4 Å². The van der Waals surface area contributed by atoms with Crippen LogP contribution < -0.4 is 15.4 Å². The number of rotatable bonds is 4. The van der Waals surface area contributed by atoms with Crippen LogP contribution in [0.15, 0.2) is 48.5 Å². The molecule has 2 aromatic carbocycles. The van der Waals surface area contributed by atoms with E-state index in [0.717, 1.165) is 0 Å². The van der Waals surface area contributed by atoms with Crippen LogP contribution in [-0.2, 0) is 0 Å².